The fourth-order valence-electron chi connectivity index (χ4n) is 4.49. The van der Waals surface area contributed by atoms with Crippen molar-refractivity contribution in [2.75, 3.05) is 27.2 Å². The van der Waals surface area contributed by atoms with Gasteiger partial charge in [-0.15, -0.1) is 0 Å². The number of para-hydroxylation sites is 1. The van der Waals surface area contributed by atoms with Gasteiger partial charge in [0.2, 0.25) is 5.91 Å². The second kappa shape index (κ2) is 7.92. The molecule has 4 rings (SSSR count). The topological polar surface area (TPSA) is 45.7 Å². The van der Waals surface area contributed by atoms with Crippen molar-refractivity contribution in [3.05, 3.63) is 59.9 Å². The molecule has 1 fully saturated rings. The highest BCUT2D eigenvalue weighted by Gasteiger charge is 2.43. The average molecular weight is 380 g/mol. The first-order valence-electron chi connectivity index (χ1n) is 10.1. The lowest BCUT2D eigenvalue weighted by molar-refractivity contribution is -0.129. The molecule has 2 aliphatic heterocycles. The maximum absolute atomic E-state index is 12.4. The van der Waals surface area contributed by atoms with Crippen LogP contribution >= 0.6 is 0 Å². The molecule has 1 aromatic carbocycles. The van der Waals surface area contributed by atoms with Gasteiger partial charge < -0.3 is 9.64 Å². The Bertz CT molecular complexity index is 814. The van der Waals surface area contributed by atoms with Crippen LogP contribution in [0.15, 0.2) is 48.8 Å². The minimum absolute atomic E-state index is 0.152. The molecule has 2 aromatic rings. The zero-order chi connectivity index (χ0) is 19.6. The molecule has 1 saturated heterocycles. The third-order valence-electron chi connectivity index (χ3n) is 6.15. The quantitative estimate of drug-likeness (QED) is 0.816. The van der Waals surface area contributed by atoms with Crippen molar-refractivity contribution in [1.82, 2.24) is 14.8 Å². The number of piperidine rings is 1. The molecule has 1 aromatic heterocycles. The van der Waals surface area contributed by atoms with Crippen molar-refractivity contribution in [3.8, 4) is 5.75 Å². The second-order valence-electron chi connectivity index (χ2n) is 8.35. The van der Waals surface area contributed by atoms with Crippen molar-refractivity contribution in [2.24, 2.45) is 0 Å². The molecular formula is C23H29N3O2. The summed E-state index contributed by atoms with van der Waals surface area (Å²) in [6.45, 7) is 2.98. The molecule has 0 radical (unpaired) electrons. The first kappa shape index (κ1) is 18.9. The minimum Gasteiger partial charge on any atom is -0.487 e. The van der Waals surface area contributed by atoms with E-state index in [4.69, 9.17) is 4.74 Å². The van der Waals surface area contributed by atoms with Crippen molar-refractivity contribution >= 4 is 5.91 Å². The zero-order valence-corrected chi connectivity index (χ0v) is 16.8. The Labute approximate surface area is 167 Å². The fraction of sp³-hybridized carbons (Fsp3) is 0.478. The SMILES string of the molecule is CN(C)C(=O)CC1CC2(CCN(Cc3ccncc3)CC2)Oc2ccccc21. The molecule has 1 spiro atoms. The molecule has 148 valence electrons. The predicted molar refractivity (Wildman–Crippen MR) is 109 cm³/mol. The third kappa shape index (κ3) is 4.04. The normalized spacial score (nSPS) is 21.0. The number of nitrogens with zero attached hydrogens (tertiary/aromatic N) is 3. The summed E-state index contributed by atoms with van der Waals surface area (Å²) in [6, 6.07) is 12.4. The summed E-state index contributed by atoms with van der Waals surface area (Å²) in [5.74, 6) is 1.38. The van der Waals surface area contributed by atoms with Crippen LogP contribution in [0.1, 0.15) is 42.7 Å². The Morgan fingerprint density at radius 3 is 2.61 bits per heavy atom. The van der Waals surface area contributed by atoms with E-state index >= 15 is 0 Å². The molecule has 1 amide bonds. The minimum atomic E-state index is -0.152. The van der Waals surface area contributed by atoms with E-state index in [0.717, 1.165) is 44.6 Å². The maximum Gasteiger partial charge on any atom is 0.222 e. The van der Waals surface area contributed by atoms with Crippen molar-refractivity contribution in [1.29, 1.82) is 0 Å². The van der Waals surface area contributed by atoms with E-state index in [9.17, 15) is 4.79 Å². The lowest BCUT2D eigenvalue weighted by atomic mass is 9.76. The van der Waals surface area contributed by atoms with E-state index in [2.05, 4.69) is 34.1 Å². The number of carbonyl (C=O) groups excluding carboxylic acids is 1. The molecule has 1 unspecified atom stereocenters. The molecule has 28 heavy (non-hydrogen) atoms. The molecule has 5 heteroatoms. The number of pyridine rings is 1. The summed E-state index contributed by atoms with van der Waals surface area (Å²) >= 11 is 0. The Hall–Kier alpha value is -2.40. The molecular weight excluding hydrogens is 350 g/mol. The van der Waals surface area contributed by atoms with Gasteiger partial charge in [0.15, 0.2) is 0 Å². The predicted octanol–water partition coefficient (Wildman–Crippen LogP) is 3.46. The van der Waals surface area contributed by atoms with Gasteiger partial charge in [0.05, 0.1) is 0 Å². The number of aromatic nitrogens is 1. The van der Waals surface area contributed by atoms with Crippen LogP contribution in [0, 0.1) is 0 Å². The van der Waals surface area contributed by atoms with Gasteiger partial charge in [-0.1, -0.05) is 18.2 Å². The van der Waals surface area contributed by atoms with Crippen LogP contribution < -0.4 is 4.74 Å². The number of ether oxygens (including phenoxy) is 1. The average Bonchev–Trinajstić information content (AvgIpc) is 2.70. The monoisotopic (exact) mass is 379 g/mol. The first-order chi connectivity index (χ1) is 13.5. The van der Waals surface area contributed by atoms with Gasteiger partial charge in [0.1, 0.15) is 11.4 Å². The third-order valence-corrected chi connectivity index (χ3v) is 6.15. The van der Waals surface area contributed by atoms with Crippen LogP contribution in [-0.4, -0.2) is 53.5 Å². The van der Waals surface area contributed by atoms with Crippen molar-refractivity contribution in [2.45, 2.75) is 43.7 Å². The molecule has 5 nitrogen and oxygen atoms in total. The number of hydrogen-bond acceptors (Lipinski definition) is 4. The van der Waals surface area contributed by atoms with E-state index < -0.39 is 0 Å². The van der Waals surface area contributed by atoms with E-state index in [1.165, 1.54) is 11.1 Å². The fourth-order valence-corrected chi connectivity index (χ4v) is 4.49. The van der Waals surface area contributed by atoms with E-state index in [0.29, 0.717) is 6.42 Å². The van der Waals surface area contributed by atoms with Crippen molar-refractivity contribution < 1.29 is 9.53 Å². The van der Waals surface area contributed by atoms with Crippen LogP contribution in [0.2, 0.25) is 0 Å². The second-order valence-corrected chi connectivity index (χ2v) is 8.35. The summed E-state index contributed by atoms with van der Waals surface area (Å²) in [5.41, 5.74) is 2.33. The molecule has 2 aliphatic rings. The van der Waals surface area contributed by atoms with Gasteiger partial charge >= 0.3 is 0 Å². The highest BCUT2D eigenvalue weighted by atomic mass is 16.5. The van der Waals surface area contributed by atoms with Gasteiger partial charge in [-0.05, 0) is 48.6 Å². The number of likely N-dealkylation sites (tertiary alicyclic amines) is 1. The highest BCUT2D eigenvalue weighted by Crippen LogP contribution is 2.46. The summed E-state index contributed by atoms with van der Waals surface area (Å²) in [4.78, 5) is 20.7. The standard InChI is InChI=1S/C23H29N3O2/c1-25(2)22(27)15-19-16-23(28-21-6-4-3-5-20(19)21)9-13-26(14-10-23)17-18-7-11-24-12-8-18/h3-8,11-12,19H,9-10,13-17H2,1-2H3. The number of fused-ring (bicyclic) bond motifs is 1. The lowest BCUT2D eigenvalue weighted by Crippen LogP contribution is -2.50. The largest absolute Gasteiger partial charge is 0.487 e. The summed E-state index contributed by atoms with van der Waals surface area (Å²) in [7, 11) is 3.67. The van der Waals surface area contributed by atoms with Gasteiger partial charge in [-0.3, -0.25) is 14.7 Å². The summed E-state index contributed by atoms with van der Waals surface area (Å²) in [5, 5.41) is 0. The molecule has 0 bridgehead atoms. The maximum atomic E-state index is 12.4. The van der Waals surface area contributed by atoms with E-state index in [1.54, 1.807) is 4.90 Å². The van der Waals surface area contributed by atoms with Gasteiger partial charge in [0.25, 0.3) is 0 Å². The highest BCUT2D eigenvalue weighted by molar-refractivity contribution is 5.76. The number of rotatable bonds is 4. The first-order valence-corrected chi connectivity index (χ1v) is 10.1. The lowest BCUT2D eigenvalue weighted by Gasteiger charge is -2.47. The number of carbonyl (C=O) groups is 1. The number of benzene rings is 1. The molecule has 0 saturated carbocycles. The Morgan fingerprint density at radius 2 is 1.89 bits per heavy atom. The molecule has 3 heterocycles. The van der Waals surface area contributed by atoms with E-state index in [1.807, 2.05) is 38.6 Å². The smallest absolute Gasteiger partial charge is 0.222 e. The van der Waals surface area contributed by atoms with Crippen LogP contribution in [0.25, 0.3) is 0 Å². The van der Waals surface area contributed by atoms with Crippen LogP contribution in [-0.2, 0) is 11.3 Å². The molecule has 1 atom stereocenters. The van der Waals surface area contributed by atoms with E-state index in [-0.39, 0.29) is 17.4 Å². The summed E-state index contributed by atoms with van der Waals surface area (Å²) < 4.78 is 6.57. The van der Waals surface area contributed by atoms with Crippen LogP contribution in [0.3, 0.4) is 0 Å². The molecule has 0 N–H and O–H groups in total. The van der Waals surface area contributed by atoms with Gasteiger partial charge in [-0.25, -0.2) is 0 Å². The Kier molecular flexibility index (Phi) is 5.36. The Balaban J connectivity index is 1.47. The zero-order valence-electron chi connectivity index (χ0n) is 16.8. The number of amides is 1. The van der Waals surface area contributed by atoms with Gasteiger partial charge in [0, 0.05) is 58.5 Å². The van der Waals surface area contributed by atoms with Crippen LogP contribution in [0.4, 0.5) is 0 Å². The Morgan fingerprint density at radius 1 is 1.18 bits per heavy atom. The molecule has 0 aliphatic carbocycles. The number of hydrogen-bond donors (Lipinski definition) is 0. The van der Waals surface area contributed by atoms with Gasteiger partial charge in [-0.2, -0.15) is 0 Å². The summed E-state index contributed by atoms with van der Waals surface area (Å²) in [6.07, 6.45) is 7.18. The van der Waals surface area contributed by atoms with Crippen LogP contribution in [0.5, 0.6) is 5.75 Å². The van der Waals surface area contributed by atoms with Crippen molar-refractivity contribution in [3.63, 3.8) is 0 Å².